The quantitative estimate of drug-likeness (QED) is 0.676. The maximum absolute atomic E-state index is 12.8. The molecule has 4 rings (SSSR count). The van der Waals surface area contributed by atoms with E-state index in [0.717, 1.165) is 27.9 Å². The third-order valence-corrected chi connectivity index (χ3v) is 5.49. The first-order valence-electron chi connectivity index (χ1n) is 9.65. The fourth-order valence-electron chi connectivity index (χ4n) is 4.12. The highest BCUT2D eigenvalue weighted by molar-refractivity contribution is 5.87. The third-order valence-electron chi connectivity index (χ3n) is 5.49. The van der Waals surface area contributed by atoms with Gasteiger partial charge in [-0.25, -0.2) is 0 Å². The lowest BCUT2D eigenvalue weighted by molar-refractivity contribution is -0.150. The van der Waals surface area contributed by atoms with Gasteiger partial charge in [-0.2, -0.15) is 0 Å². The number of hydrogen-bond donors (Lipinski definition) is 2. The molecule has 5 heteroatoms. The molecule has 146 valence electrons. The molecule has 0 saturated carbocycles. The van der Waals surface area contributed by atoms with Crippen molar-refractivity contribution in [3.8, 4) is 5.75 Å². The lowest BCUT2D eigenvalue weighted by atomic mass is 9.80. The zero-order chi connectivity index (χ0) is 19.9. The van der Waals surface area contributed by atoms with Gasteiger partial charge in [0.1, 0.15) is 11.8 Å². The highest BCUT2D eigenvalue weighted by atomic mass is 16.5. The normalized spacial score (nSPS) is 21.5. The molecule has 2 atom stereocenters. The average Bonchev–Trinajstić information content (AvgIpc) is 3.07. The summed E-state index contributed by atoms with van der Waals surface area (Å²) in [5.74, 6) is 0.585. The van der Waals surface area contributed by atoms with E-state index in [1.165, 1.54) is 5.56 Å². The predicted octanol–water partition coefficient (Wildman–Crippen LogP) is 3.91. The number of benzene rings is 2. The molecule has 0 saturated heterocycles. The molecular weight excluding hydrogens is 352 g/mol. The van der Waals surface area contributed by atoms with Crippen LogP contribution in [-0.4, -0.2) is 30.2 Å². The molecule has 0 radical (unpaired) electrons. The van der Waals surface area contributed by atoms with E-state index in [4.69, 9.17) is 9.47 Å². The molecular formula is C23H26N2O3. The molecule has 3 aromatic rings. The highest BCUT2D eigenvalue weighted by Gasteiger charge is 2.42. The van der Waals surface area contributed by atoms with E-state index < -0.39 is 11.6 Å². The van der Waals surface area contributed by atoms with E-state index in [1.807, 2.05) is 50.2 Å². The molecule has 2 aromatic carbocycles. The monoisotopic (exact) mass is 378 g/mol. The largest absolute Gasteiger partial charge is 0.497 e. The van der Waals surface area contributed by atoms with Gasteiger partial charge in [-0.3, -0.25) is 10.1 Å². The summed E-state index contributed by atoms with van der Waals surface area (Å²) in [6, 6.07) is 15.8. The molecule has 0 bridgehead atoms. The lowest BCUT2D eigenvalue weighted by Gasteiger charge is -2.39. The summed E-state index contributed by atoms with van der Waals surface area (Å²) in [6.45, 7) is 5.86. The summed E-state index contributed by atoms with van der Waals surface area (Å²) in [7, 11) is 1.66. The van der Waals surface area contributed by atoms with Crippen LogP contribution in [0.5, 0.6) is 5.75 Å². The van der Waals surface area contributed by atoms with Crippen LogP contribution in [0.4, 0.5) is 0 Å². The van der Waals surface area contributed by atoms with Gasteiger partial charge >= 0.3 is 5.97 Å². The van der Waals surface area contributed by atoms with E-state index in [1.54, 1.807) is 7.11 Å². The van der Waals surface area contributed by atoms with Crippen LogP contribution in [0.3, 0.4) is 0 Å². The van der Waals surface area contributed by atoms with Crippen molar-refractivity contribution in [2.75, 3.05) is 7.11 Å². The number of esters is 1. The summed E-state index contributed by atoms with van der Waals surface area (Å²) in [6.07, 6.45) is 0.447. The van der Waals surface area contributed by atoms with Crippen molar-refractivity contribution in [3.63, 3.8) is 0 Å². The minimum absolute atomic E-state index is 0.147. The number of methoxy groups -OCH3 is 1. The van der Waals surface area contributed by atoms with Crippen molar-refractivity contribution >= 4 is 16.9 Å². The third kappa shape index (κ3) is 3.06. The van der Waals surface area contributed by atoms with Crippen LogP contribution in [0.1, 0.15) is 37.6 Å². The first-order chi connectivity index (χ1) is 13.4. The van der Waals surface area contributed by atoms with Crippen molar-refractivity contribution in [3.05, 3.63) is 65.4 Å². The van der Waals surface area contributed by atoms with Crippen LogP contribution in [-0.2, 0) is 21.5 Å². The van der Waals surface area contributed by atoms with Crippen LogP contribution in [0, 0.1) is 0 Å². The number of hydrogen-bond acceptors (Lipinski definition) is 4. The first kappa shape index (κ1) is 18.6. The second-order valence-electron chi connectivity index (χ2n) is 7.76. The van der Waals surface area contributed by atoms with E-state index in [-0.39, 0.29) is 12.1 Å². The topological polar surface area (TPSA) is 63.4 Å². The first-order valence-corrected chi connectivity index (χ1v) is 9.65. The fraction of sp³-hybridized carbons (Fsp3) is 0.348. The number of ether oxygens (including phenoxy) is 2. The van der Waals surface area contributed by atoms with Crippen LogP contribution in [0.2, 0.25) is 0 Å². The van der Waals surface area contributed by atoms with Gasteiger partial charge < -0.3 is 14.5 Å². The van der Waals surface area contributed by atoms with Crippen LogP contribution < -0.4 is 10.1 Å². The zero-order valence-electron chi connectivity index (χ0n) is 16.7. The van der Waals surface area contributed by atoms with Gasteiger partial charge in [0.25, 0.3) is 0 Å². The molecule has 1 aliphatic rings. The number of rotatable bonds is 4. The maximum atomic E-state index is 12.8. The molecule has 0 aliphatic carbocycles. The summed E-state index contributed by atoms with van der Waals surface area (Å²) in [5, 5.41) is 4.71. The molecule has 2 N–H and O–H groups in total. The Labute approximate surface area is 165 Å². The van der Waals surface area contributed by atoms with E-state index in [9.17, 15) is 4.79 Å². The molecule has 2 heterocycles. The molecule has 0 amide bonds. The summed E-state index contributed by atoms with van der Waals surface area (Å²) in [4.78, 5) is 16.4. The van der Waals surface area contributed by atoms with Gasteiger partial charge in [-0.1, -0.05) is 30.3 Å². The van der Waals surface area contributed by atoms with Gasteiger partial charge in [-0.05, 0) is 50.1 Å². The van der Waals surface area contributed by atoms with Crippen molar-refractivity contribution in [2.45, 2.75) is 44.9 Å². The Morgan fingerprint density at radius 1 is 1.14 bits per heavy atom. The Balaban J connectivity index is 1.85. The number of nitrogens with one attached hydrogen (secondary N) is 2. The van der Waals surface area contributed by atoms with E-state index >= 15 is 0 Å². The Kier molecular flexibility index (Phi) is 4.63. The number of aromatic nitrogens is 1. The standard InChI is InChI=1S/C23H26N2O3/c1-14(2)28-22(26)20-13-18-17-7-5-6-8-19(17)24-21(18)23(3,25-20)15-9-11-16(27-4)12-10-15/h5-12,14,20,24-25H,13H2,1-4H3/t20-,23-/m0/s1. The number of para-hydroxylation sites is 1. The van der Waals surface area contributed by atoms with E-state index in [0.29, 0.717) is 6.42 Å². The molecule has 0 fully saturated rings. The number of aromatic amines is 1. The minimum atomic E-state index is -0.556. The predicted molar refractivity (Wildman–Crippen MR) is 110 cm³/mol. The van der Waals surface area contributed by atoms with Crippen molar-refractivity contribution in [1.82, 2.24) is 10.3 Å². The van der Waals surface area contributed by atoms with Crippen molar-refractivity contribution < 1.29 is 14.3 Å². The Hall–Kier alpha value is -2.79. The number of fused-ring (bicyclic) bond motifs is 3. The molecule has 1 aromatic heterocycles. The summed E-state index contributed by atoms with van der Waals surface area (Å²) >= 11 is 0. The SMILES string of the molecule is COc1ccc([C@]2(C)N[C@H](C(=O)OC(C)C)Cc3c2[nH]c2ccccc32)cc1. The maximum Gasteiger partial charge on any atom is 0.323 e. The van der Waals surface area contributed by atoms with E-state index in [2.05, 4.69) is 29.4 Å². The zero-order valence-corrected chi connectivity index (χ0v) is 16.7. The lowest BCUT2D eigenvalue weighted by Crippen LogP contribution is -2.55. The Morgan fingerprint density at radius 2 is 1.86 bits per heavy atom. The second kappa shape index (κ2) is 6.99. The molecule has 5 nitrogen and oxygen atoms in total. The molecule has 28 heavy (non-hydrogen) atoms. The van der Waals surface area contributed by atoms with Gasteiger partial charge in [-0.15, -0.1) is 0 Å². The highest BCUT2D eigenvalue weighted by Crippen LogP contribution is 2.40. The van der Waals surface area contributed by atoms with Crippen LogP contribution in [0.25, 0.3) is 10.9 Å². The fourth-order valence-corrected chi connectivity index (χ4v) is 4.12. The average molecular weight is 378 g/mol. The Bertz CT molecular complexity index is 1010. The van der Waals surface area contributed by atoms with Gasteiger partial charge in [0.15, 0.2) is 0 Å². The summed E-state index contributed by atoms with van der Waals surface area (Å²) in [5.41, 5.74) is 3.83. The molecule has 0 spiro atoms. The van der Waals surface area contributed by atoms with Crippen molar-refractivity contribution in [1.29, 1.82) is 0 Å². The molecule has 0 unspecified atom stereocenters. The van der Waals surface area contributed by atoms with Crippen LogP contribution >= 0.6 is 0 Å². The van der Waals surface area contributed by atoms with Gasteiger partial charge in [0, 0.05) is 23.0 Å². The van der Waals surface area contributed by atoms with Crippen LogP contribution in [0.15, 0.2) is 48.5 Å². The Morgan fingerprint density at radius 3 is 2.54 bits per heavy atom. The summed E-state index contributed by atoms with van der Waals surface area (Å²) < 4.78 is 10.8. The minimum Gasteiger partial charge on any atom is -0.497 e. The number of H-pyrrole nitrogens is 1. The van der Waals surface area contributed by atoms with Gasteiger partial charge in [0.05, 0.1) is 18.8 Å². The smallest absolute Gasteiger partial charge is 0.323 e. The second-order valence-corrected chi connectivity index (χ2v) is 7.76. The number of carbonyl (C=O) groups is 1. The number of carbonyl (C=O) groups excluding carboxylic acids is 1. The van der Waals surface area contributed by atoms with Crippen molar-refractivity contribution in [2.24, 2.45) is 0 Å². The van der Waals surface area contributed by atoms with Gasteiger partial charge in [0.2, 0.25) is 0 Å². The molecule has 1 aliphatic heterocycles.